The highest BCUT2D eigenvalue weighted by Gasteiger charge is 2.41. The standard InChI is InChI=1S/C9H11NO3S/c1-5-6(9(12)13-2)4-10-7(11)3-8(10)14-5/h4-5,8H,3H2,1-2H3/t5?,8-/m1/s1. The summed E-state index contributed by atoms with van der Waals surface area (Å²) in [6, 6.07) is 0. The number of methoxy groups -OCH3 is 1. The lowest BCUT2D eigenvalue weighted by Crippen LogP contribution is -2.50. The molecule has 2 aliphatic rings. The topological polar surface area (TPSA) is 46.6 Å². The van der Waals surface area contributed by atoms with E-state index < -0.39 is 0 Å². The van der Waals surface area contributed by atoms with Gasteiger partial charge in [0.2, 0.25) is 5.91 Å². The summed E-state index contributed by atoms with van der Waals surface area (Å²) in [5.74, 6) is -0.265. The van der Waals surface area contributed by atoms with Crippen molar-refractivity contribution in [1.29, 1.82) is 0 Å². The van der Waals surface area contributed by atoms with E-state index in [0.29, 0.717) is 12.0 Å². The average molecular weight is 213 g/mol. The molecule has 0 aromatic heterocycles. The molecular formula is C9H11NO3S. The zero-order valence-corrected chi connectivity index (χ0v) is 8.84. The Hall–Kier alpha value is -0.970. The molecule has 0 aromatic carbocycles. The molecule has 0 spiro atoms. The predicted octanol–water partition coefficient (Wildman–Crippen LogP) is 0.737. The number of carbonyl (C=O) groups excluding carboxylic acids is 2. The van der Waals surface area contributed by atoms with Crippen LogP contribution in [0.4, 0.5) is 0 Å². The van der Waals surface area contributed by atoms with Crippen molar-refractivity contribution in [3.63, 3.8) is 0 Å². The monoisotopic (exact) mass is 213 g/mol. The second-order valence-electron chi connectivity index (χ2n) is 3.31. The molecular weight excluding hydrogens is 202 g/mol. The van der Waals surface area contributed by atoms with E-state index in [4.69, 9.17) is 0 Å². The van der Waals surface area contributed by atoms with Crippen LogP contribution in [0.2, 0.25) is 0 Å². The summed E-state index contributed by atoms with van der Waals surface area (Å²) < 4.78 is 4.64. The van der Waals surface area contributed by atoms with Crippen molar-refractivity contribution in [2.75, 3.05) is 7.11 Å². The average Bonchev–Trinajstić information content (AvgIpc) is 2.16. The van der Waals surface area contributed by atoms with Crippen molar-refractivity contribution in [1.82, 2.24) is 4.90 Å². The largest absolute Gasteiger partial charge is 0.466 e. The van der Waals surface area contributed by atoms with Gasteiger partial charge in [-0.2, -0.15) is 0 Å². The van der Waals surface area contributed by atoms with Crippen LogP contribution in [0, 0.1) is 0 Å². The molecule has 0 aromatic rings. The van der Waals surface area contributed by atoms with Crippen molar-refractivity contribution in [3.8, 4) is 0 Å². The Kier molecular flexibility index (Phi) is 2.26. The Morgan fingerprint density at radius 3 is 3.00 bits per heavy atom. The first kappa shape index (κ1) is 9.58. The zero-order chi connectivity index (χ0) is 10.3. The van der Waals surface area contributed by atoms with E-state index >= 15 is 0 Å². The van der Waals surface area contributed by atoms with Gasteiger partial charge in [0.15, 0.2) is 0 Å². The molecule has 76 valence electrons. The Bertz CT molecular complexity index is 326. The summed E-state index contributed by atoms with van der Waals surface area (Å²) in [5, 5.41) is 0.336. The maximum Gasteiger partial charge on any atom is 0.336 e. The molecule has 2 rings (SSSR count). The molecule has 2 atom stereocenters. The number of rotatable bonds is 1. The third kappa shape index (κ3) is 1.32. The van der Waals surface area contributed by atoms with Crippen molar-refractivity contribution < 1.29 is 14.3 Å². The molecule has 0 bridgehead atoms. The van der Waals surface area contributed by atoms with Gasteiger partial charge in [-0.25, -0.2) is 4.79 Å². The highest BCUT2D eigenvalue weighted by molar-refractivity contribution is 8.00. The number of hydrogen-bond donors (Lipinski definition) is 0. The third-order valence-corrected chi connectivity index (χ3v) is 3.82. The molecule has 1 fully saturated rings. The van der Waals surface area contributed by atoms with E-state index in [-0.39, 0.29) is 22.5 Å². The van der Waals surface area contributed by atoms with Gasteiger partial charge in [-0.1, -0.05) is 0 Å². The fourth-order valence-electron chi connectivity index (χ4n) is 1.57. The lowest BCUT2D eigenvalue weighted by molar-refractivity contribution is -0.138. The summed E-state index contributed by atoms with van der Waals surface area (Å²) in [6.07, 6.45) is 2.21. The Labute approximate surface area is 86.3 Å². The zero-order valence-electron chi connectivity index (χ0n) is 8.02. The summed E-state index contributed by atoms with van der Waals surface area (Å²) >= 11 is 1.63. The van der Waals surface area contributed by atoms with Gasteiger partial charge in [0.25, 0.3) is 0 Å². The van der Waals surface area contributed by atoms with Gasteiger partial charge in [-0.15, -0.1) is 11.8 Å². The summed E-state index contributed by atoms with van der Waals surface area (Å²) in [5.41, 5.74) is 0.571. The lowest BCUT2D eigenvalue weighted by atomic mass is 10.1. The molecule has 14 heavy (non-hydrogen) atoms. The quantitative estimate of drug-likeness (QED) is 0.476. The number of β-lactam (4-membered cyclic amide) rings is 1. The number of ether oxygens (including phenoxy) is 1. The molecule has 0 radical (unpaired) electrons. The Morgan fingerprint density at radius 1 is 1.71 bits per heavy atom. The smallest absolute Gasteiger partial charge is 0.336 e. The molecule has 4 nitrogen and oxygen atoms in total. The predicted molar refractivity (Wildman–Crippen MR) is 52.4 cm³/mol. The van der Waals surface area contributed by atoms with Crippen LogP contribution in [-0.4, -0.2) is 34.5 Å². The SMILES string of the molecule is COC(=O)C1=CN2C(=O)C[C@H]2SC1C. The maximum atomic E-state index is 11.3. The van der Waals surface area contributed by atoms with Crippen molar-refractivity contribution >= 4 is 23.6 Å². The van der Waals surface area contributed by atoms with Gasteiger partial charge >= 0.3 is 5.97 Å². The van der Waals surface area contributed by atoms with Crippen molar-refractivity contribution in [2.45, 2.75) is 24.0 Å². The lowest BCUT2D eigenvalue weighted by Gasteiger charge is -2.42. The number of thioether (sulfide) groups is 1. The minimum Gasteiger partial charge on any atom is -0.466 e. The summed E-state index contributed by atoms with van der Waals surface area (Å²) in [4.78, 5) is 24.1. The first-order valence-corrected chi connectivity index (χ1v) is 5.34. The third-order valence-electron chi connectivity index (χ3n) is 2.45. The van der Waals surface area contributed by atoms with E-state index in [1.807, 2.05) is 6.92 Å². The van der Waals surface area contributed by atoms with Crippen LogP contribution >= 0.6 is 11.8 Å². The highest BCUT2D eigenvalue weighted by Crippen LogP contribution is 2.39. The van der Waals surface area contributed by atoms with Crippen molar-refractivity contribution in [3.05, 3.63) is 11.8 Å². The number of carbonyl (C=O) groups is 2. The number of esters is 1. The molecule has 0 aliphatic carbocycles. The molecule has 1 saturated heterocycles. The van der Waals surface area contributed by atoms with E-state index in [1.54, 1.807) is 22.9 Å². The van der Waals surface area contributed by atoms with Gasteiger partial charge in [0.05, 0.1) is 24.5 Å². The summed E-state index contributed by atoms with van der Waals surface area (Å²) in [7, 11) is 1.35. The van der Waals surface area contributed by atoms with Crippen LogP contribution in [0.25, 0.3) is 0 Å². The second-order valence-corrected chi connectivity index (χ2v) is 4.84. The van der Waals surface area contributed by atoms with Crippen LogP contribution in [0.15, 0.2) is 11.8 Å². The first-order chi connectivity index (χ1) is 6.63. The molecule has 2 heterocycles. The van der Waals surface area contributed by atoms with Crippen LogP contribution in [0.5, 0.6) is 0 Å². The second kappa shape index (κ2) is 3.31. The highest BCUT2D eigenvalue weighted by atomic mass is 32.2. The van der Waals surface area contributed by atoms with Gasteiger partial charge in [-0.05, 0) is 6.92 Å². The fourth-order valence-corrected chi connectivity index (χ4v) is 2.89. The molecule has 1 amide bonds. The van der Waals surface area contributed by atoms with Gasteiger partial charge < -0.3 is 9.64 Å². The minimum atomic E-state index is -0.344. The van der Waals surface area contributed by atoms with Crippen molar-refractivity contribution in [2.24, 2.45) is 0 Å². The van der Waals surface area contributed by atoms with Gasteiger partial charge in [0, 0.05) is 11.4 Å². The molecule has 5 heteroatoms. The fraction of sp³-hybridized carbons (Fsp3) is 0.556. The normalized spacial score (nSPS) is 30.3. The van der Waals surface area contributed by atoms with Gasteiger partial charge in [-0.3, -0.25) is 4.79 Å². The van der Waals surface area contributed by atoms with E-state index in [0.717, 1.165) is 0 Å². The summed E-state index contributed by atoms with van der Waals surface area (Å²) in [6.45, 7) is 1.95. The first-order valence-electron chi connectivity index (χ1n) is 4.40. The Balaban J connectivity index is 2.22. The molecule has 1 unspecified atom stereocenters. The van der Waals surface area contributed by atoms with Crippen LogP contribution in [0.3, 0.4) is 0 Å². The maximum absolute atomic E-state index is 11.3. The number of hydrogen-bond acceptors (Lipinski definition) is 4. The molecule has 0 saturated carbocycles. The van der Waals surface area contributed by atoms with Gasteiger partial charge in [0.1, 0.15) is 0 Å². The van der Waals surface area contributed by atoms with E-state index in [1.165, 1.54) is 7.11 Å². The molecule has 2 aliphatic heterocycles. The number of amides is 1. The number of nitrogens with zero attached hydrogens (tertiary/aromatic N) is 1. The number of fused-ring (bicyclic) bond motifs is 1. The van der Waals surface area contributed by atoms with Crippen LogP contribution in [0.1, 0.15) is 13.3 Å². The van der Waals surface area contributed by atoms with E-state index in [9.17, 15) is 9.59 Å². The van der Waals surface area contributed by atoms with Crippen LogP contribution < -0.4 is 0 Å². The van der Waals surface area contributed by atoms with E-state index in [2.05, 4.69) is 4.74 Å². The Morgan fingerprint density at radius 2 is 2.43 bits per heavy atom. The molecule has 0 N–H and O–H groups in total. The minimum absolute atomic E-state index is 0.0794. The van der Waals surface area contributed by atoms with Crippen LogP contribution in [-0.2, 0) is 14.3 Å².